The maximum Gasteiger partial charge on any atom is 0.167 e. The number of ketones is 1. The number of carbonyl (C=O) groups excluding carboxylic acids is 1. The second kappa shape index (κ2) is 6.20. The van der Waals surface area contributed by atoms with Crippen LogP contribution in [-0.4, -0.2) is 25.0 Å². The molecule has 0 aromatic heterocycles. The zero-order valence-corrected chi connectivity index (χ0v) is 10.7. The lowest BCUT2D eigenvalue weighted by Crippen LogP contribution is -2.11. The highest BCUT2D eigenvalue weighted by atomic mass is 32.1. The second-order valence-electron chi connectivity index (χ2n) is 3.46. The van der Waals surface area contributed by atoms with Gasteiger partial charge in [0.1, 0.15) is 11.5 Å². The van der Waals surface area contributed by atoms with Gasteiger partial charge in [-0.2, -0.15) is 0 Å². The van der Waals surface area contributed by atoms with E-state index in [4.69, 9.17) is 27.4 Å². The van der Waals surface area contributed by atoms with E-state index in [0.29, 0.717) is 28.5 Å². The normalized spacial score (nSPS) is 9.76. The molecule has 2 N–H and O–H groups in total. The van der Waals surface area contributed by atoms with Gasteiger partial charge in [0.05, 0.1) is 24.8 Å². The number of carbonyl (C=O) groups is 1. The van der Waals surface area contributed by atoms with Crippen molar-refractivity contribution in [3.05, 3.63) is 23.8 Å². The van der Waals surface area contributed by atoms with Crippen LogP contribution in [0.15, 0.2) is 18.2 Å². The molecule has 1 aromatic carbocycles. The van der Waals surface area contributed by atoms with E-state index in [1.54, 1.807) is 25.3 Å². The molecule has 1 rings (SSSR count). The van der Waals surface area contributed by atoms with E-state index in [9.17, 15) is 4.79 Å². The van der Waals surface area contributed by atoms with E-state index in [0.717, 1.165) is 0 Å². The zero-order chi connectivity index (χ0) is 12.8. The van der Waals surface area contributed by atoms with E-state index in [1.165, 1.54) is 7.11 Å². The molecular weight excluding hydrogens is 238 g/mol. The predicted octanol–water partition coefficient (Wildman–Crippen LogP) is 1.95. The van der Waals surface area contributed by atoms with Crippen LogP contribution in [0.2, 0.25) is 0 Å². The van der Waals surface area contributed by atoms with Crippen molar-refractivity contribution in [3.63, 3.8) is 0 Å². The number of Topliss-reactive ketones (excluding diaryl/α,β-unsaturated/α-hetero) is 1. The lowest BCUT2D eigenvalue weighted by atomic mass is 10.1. The first-order valence-electron chi connectivity index (χ1n) is 5.12. The molecular formula is C12H15NO3S. The fraction of sp³-hybridized carbons (Fsp3) is 0.333. The molecule has 0 aliphatic rings. The number of hydrogen-bond donors (Lipinski definition) is 1. The van der Waals surface area contributed by atoms with Crippen LogP contribution in [0.4, 0.5) is 0 Å². The molecule has 4 nitrogen and oxygen atoms in total. The van der Waals surface area contributed by atoms with Crippen molar-refractivity contribution in [1.29, 1.82) is 0 Å². The van der Waals surface area contributed by atoms with Crippen molar-refractivity contribution in [2.24, 2.45) is 5.73 Å². The molecule has 0 aliphatic carbocycles. The highest BCUT2D eigenvalue weighted by Crippen LogP contribution is 2.25. The third-order valence-corrected chi connectivity index (χ3v) is 2.51. The molecule has 0 saturated heterocycles. The molecule has 0 bridgehead atoms. The van der Waals surface area contributed by atoms with Gasteiger partial charge in [-0.3, -0.25) is 4.79 Å². The Kier molecular flexibility index (Phi) is 4.90. The minimum Gasteiger partial charge on any atom is -0.497 e. The maximum atomic E-state index is 11.9. The van der Waals surface area contributed by atoms with E-state index in [2.05, 4.69) is 0 Å². The Morgan fingerprint density at radius 1 is 1.29 bits per heavy atom. The van der Waals surface area contributed by atoms with Crippen molar-refractivity contribution >= 4 is 23.0 Å². The van der Waals surface area contributed by atoms with E-state index in [1.807, 2.05) is 0 Å². The Labute approximate surface area is 106 Å². The summed E-state index contributed by atoms with van der Waals surface area (Å²) in [5.74, 6) is 1.08. The van der Waals surface area contributed by atoms with Gasteiger partial charge in [-0.25, -0.2) is 0 Å². The maximum absolute atomic E-state index is 11.9. The third kappa shape index (κ3) is 3.71. The summed E-state index contributed by atoms with van der Waals surface area (Å²) in [5.41, 5.74) is 5.86. The molecule has 0 atom stereocenters. The summed E-state index contributed by atoms with van der Waals surface area (Å²) < 4.78 is 10.2. The van der Waals surface area contributed by atoms with E-state index < -0.39 is 0 Å². The minimum absolute atomic E-state index is 0.0615. The Morgan fingerprint density at radius 2 is 2.00 bits per heavy atom. The molecule has 0 heterocycles. The lowest BCUT2D eigenvalue weighted by molar-refractivity contribution is 0.0981. The molecule has 5 heteroatoms. The van der Waals surface area contributed by atoms with Crippen molar-refractivity contribution in [3.8, 4) is 11.5 Å². The Bertz CT molecular complexity index is 432. The van der Waals surface area contributed by atoms with Crippen LogP contribution in [0.1, 0.15) is 23.2 Å². The van der Waals surface area contributed by atoms with Gasteiger partial charge in [0.15, 0.2) is 5.78 Å². The van der Waals surface area contributed by atoms with Crippen molar-refractivity contribution in [2.45, 2.75) is 12.8 Å². The second-order valence-corrected chi connectivity index (χ2v) is 3.98. The van der Waals surface area contributed by atoms with Crippen LogP contribution in [0.3, 0.4) is 0 Å². The Morgan fingerprint density at radius 3 is 2.53 bits per heavy atom. The monoisotopic (exact) mass is 253 g/mol. The fourth-order valence-electron chi connectivity index (χ4n) is 1.40. The summed E-state index contributed by atoms with van der Waals surface area (Å²) in [4.78, 5) is 12.3. The number of benzene rings is 1. The quantitative estimate of drug-likeness (QED) is 0.620. The largest absolute Gasteiger partial charge is 0.497 e. The predicted molar refractivity (Wildman–Crippen MR) is 69.9 cm³/mol. The number of ether oxygens (including phenoxy) is 2. The SMILES string of the molecule is COc1ccc(OC)c(C(=O)CCC(N)=S)c1. The molecule has 0 amide bonds. The first-order chi connectivity index (χ1) is 8.08. The van der Waals surface area contributed by atoms with Gasteiger partial charge in [-0.1, -0.05) is 12.2 Å². The van der Waals surface area contributed by atoms with Crippen molar-refractivity contribution in [2.75, 3.05) is 14.2 Å². The highest BCUT2D eigenvalue weighted by Gasteiger charge is 2.13. The van der Waals surface area contributed by atoms with Gasteiger partial charge in [-0.15, -0.1) is 0 Å². The van der Waals surface area contributed by atoms with Crippen LogP contribution in [0.25, 0.3) is 0 Å². The minimum atomic E-state index is -0.0615. The summed E-state index contributed by atoms with van der Waals surface area (Å²) in [6, 6.07) is 5.09. The molecule has 0 fully saturated rings. The summed E-state index contributed by atoms with van der Waals surface area (Å²) in [7, 11) is 3.07. The zero-order valence-electron chi connectivity index (χ0n) is 9.86. The number of hydrogen-bond acceptors (Lipinski definition) is 4. The average Bonchev–Trinajstić information content (AvgIpc) is 2.34. The smallest absolute Gasteiger partial charge is 0.167 e. The van der Waals surface area contributed by atoms with Crippen LogP contribution in [0, 0.1) is 0 Å². The van der Waals surface area contributed by atoms with Gasteiger partial charge < -0.3 is 15.2 Å². The first-order valence-corrected chi connectivity index (χ1v) is 5.53. The summed E-state index contributed by atoms with van der Waals surface area (Å²) in [5, 5.41) is 0. The van der Waals surface area contributed by atoms with Crippen LogP contribution >= 0.6 is 12.2 Å². The van der Waals surface area contributed by atoms with Crippen LogP contribution in [0.5, 0.6) is 11.5 Å². The van der Waals surface area contributed by atoms with E-state index >= 15 is 0 Å². The van der Waals surface area contributed by atoms with Crippen molar-refractivity contribution in [1.82, 2.24) is 0 Å². The Balaban J connectivity index is 2.93. The molecule has 92 valence electrons. The fourth-order valence-corrected chi connectivity index (χ4v) is 1.51. The number of methoxy groups -OCH3 is 2. The van der Waals surface area contributed by atoms with Crippen LogP contribution < -0.4 is 15.2 Å². The van der Waals surface area contributed by atoms with Gasteiger partial charge in [0, 0.05) is 12.8 Å². The number of thiocarbonyl (C=S) groups is 1. The van der Waals surface area contributed by atoms with Gasteiger partial charge in [-0.05, 0) is 18.2 Å². The van der Waals surface area contributed by atoms with Gasteiger partial charge >= 0.3 is 0 Å². The molecule has 0 unspecified atom stereocenters. The lowest BCUT2D eigenvalue weighted by Gasteiger charge is -2.09. The van der Waals surface area contributed by atoms with Gasteiger partial charge in [0.25, 0.3) is 0 Å². The molecule has 0 saturated carbocycles. The average molecular weight is 253 g/mol. The number of rotatable bonds is 6. The molecule has 0 aliphatic heterocycles. The topological polar surface area (TPSA) is 61.5 Å². The molecule has 1 aromatic rings. The molecule has 0 radical (unpaired) electrons. The van der Waals surface area contributed by atoms with Crippen LogP contribution in [-0.2, 0) is 0 Å². The summed E-state index contributed by atoms with van der Waals surface area (Å²) >= 11 is 4.74. The third-order valence-electron chi connectivity index (χ3n) is 2.31. The number of nitrogens with two attached hydrogens (primary N) is 1. The van der Waals surface area contributed by atoms with Crippen molar-refractivity contribution < 1.29 is 14.3 Å². The summed E-state index contributed by atoms with van der Waals surface area (Å²) in [6.07, 6.45) is 0.674. The molecule has 17 heavy (non-hydrogen) atoms. The van der Waals surface area contributed by atoms with Gasteiger partial charge in [0.2, 0.25) is 0 Å². The Hall–Kier alpha value is -1.62. The summed E-state index contributed by atoms with van der Waals surface area (Å²) in [6.45, 7) is 0. The molecule has 0 spiro atoms. The standard InChI is InChI=1S/C12H15NO3S/c1-15-8-3-5-11(16-2)9(7-8)10(14)4-6-12(13)17/h3,5,7H,4,6H2,1-2H3,(H2,13,17). The van der Waals surface area contributed by atoms with E-state index in [-0.39, 0.29) is 12.2 Å². The highest BCUT2D eigenvalue weighted by molar-refractivity contribution is 7.80. The first kappa shape index (κ1) is 13.4.